The minimum Gasteiger partial charge on any atom is -0.461 e. The van der Waals surface area contributed by atoms with Crippen molar-refractivity contribution in [2.45, 2.75) is 19.8 Å². The quantitative estimate of drug-likeness (QED) is 0.587. The lowest BCUT2D eigenvalue weighted by molar-refractivity contribution is 0.0517. The van der Waals surface area contributed by atoms with E-state index in [0.29, 0.717) is 17.3 Å². The van der Waals surface area contributed by atoms with Crippen molar-refractivity contribution in [3.63, 3.8) is 0 Å². The minimum atomic E-state index is -0.365. The van der Waals surface area contributed by atoms with Crippen molar-refractivity contribution in [3.8, 4) is 5.69 Å². The van der Waals surface area contributed by atoms with Crippen molar-refractivity contribution >= 4 is 29.2 Å². The summed E-state index contributed by atoms with van der Waals surface area (Å²) in [6, 6.07) is 17.6. The fraction of sp³-hybridized carbons (Fsp3) is 0.182. The van der Waals surface area contributed by atoms with Gasteiger partial charge in [-0.3, -0.25) is 0 Å². The fourth-order valence-electron chi connectivity index (χ4n) is 3.42. The molecule has 27 heavy (non-hydrogen) atoms. The average Bonchev–Trinajstić information content (AvgIpc) is 3.26. The maximum absolute atomic E-state index is 12.4. The van der Waals surface area contributed by atoms with Gasteiger partial charge in [-0.15, -0.1) is 0 Å². The second-order valence-corrected chi connectivity index (χ2v) is 6.80. The second-order valence-electron chi connectivity index (χ2n) is 6.36. The highest BCUT2D eigenvalue weighted by Crippen LogP contribution is 2.37. The molecule has 0 atom stereocenters. The first-order valence-electron chi connectivity index (χ1n) is 8.98. The Morgan fingerprint density at radius 3 is 2.59 bits per heavy atom. The molecule has 3 aromatic rings. The summed E-state index contributed by atoms with van der Waals surface area (Å²) in [7, 11) is 0. The van der Waals surface area contributed by atoms with E-state index >= 15 is 0 Å². The van der Waals surface area contributed by atoms with Crippen LogP contribution < -0.4 is 0 Å². The highest BCUT2D eigenvalue weighted by atomic mass is 35.5. The lowest BCUT2D eigenvalue weighted by Crippen LogP contribution is -2.09. The number of aromatic nitrogens is 2. The maximum atomic E-state index is 12.4. The molecule has 1 aliphatic carbocycles. The third kappa shape index (κ3) is 3.40. The van der Waals surface area contributed by atoms with E-state index in [4.69, 9.17) is 16.3 Å². The van der Waals surface area contributed by atoms with Crippen LogP contribution in [-0.2, 0) is 11.2 Å². The maximum Gasteiger partial charge on any atom is 0.359 e. The van der Waals surface area contributed by atoms with Gasteiger partial charge < -0.3 is 4.74 Å². The van der Waals surface area contributed by atoms with Gasteiger partial charge in [-0.2, -0.15) is 5.10 Å². The van der Waals surface area contributed by atoms with Gasteiger partial charge in [0.15, 0.2) is 5.69 Å². The van der Waals surface area contributed by atoms with Crippen LogP contribution in [0.2, 0.25) is 5.02 Å². The molecule has 136 valence electrons. The molecule has 1 aromatic heterocycles. The Morgan fingerprint density at radius 1 is 1.15 bits per heavy atom. The number of carbonyl (C=O) groups is 1. The van der Waals surface area contributed by atoms with E-state index in [1.165, 1.54) is 0 Å². The van der Waals surface area contributed by atoms with Gasteiger partial charge in [-0.1, -0.05) is 41.9 Å². The standard InChI is InChI=1S/C22H19ClN2O2/c1-2-27-22(26)20-19-13-10-16(14-15-8-11-17(23)12-9-15)21(19)25(24-20)18-6-4-3-5-7-18/h3-9,11-12,14H,2,10,13H2,1H3. The Hall–Kier alpha value is -2.85. The van der Waals surface area contributed by atoms with Gasteiger partial charge in [0.1, 0.15) is 0 Å². The molecule has 1 aliphatic rings. The van der Waals surface area contributed by atoms with E-state index in [9.17, 15) is 4.79 Å². The predicted octanol–water partition coefficient (Wildman–Crippen LogP) is 5.19. The largest absolute Gasteiger partial charge is 0.461 e. The van der Waals surface area contributed by atoms with Gasteiger partial charge >= 0.3 is 5.97 Å². The third-order valence-corrected chi connectivity index (χ3v) is 4.86. The molecule has 0 fully saturated rings. The van der Waals surface area contributed by atoms with Gasteiger partial charge in [0.25, 0.3) is 0 Å². The van der Waals surface area contributed by atoms with Crippen LogP contribution in [0.5, 0.6) is 0 Å². The molecule has 0 aliphatic heterocycles. The lowest BCUT2D eigenvalue weighted by Gasteiger charge is -2.08. The number of carbonyl (C=O) groups excluding carboxylic acids is 1. The summed E-state index contributed by atoms with van der Waals surface area (Å²) in [6.07, 6.45) is 3.77. The van der Waals surface area contributed by atoms with Crippen LogP contribution in [0, 0.1) is 0 Å². The molecule has 0 N–H and O–H groups in total. The lowest BCUT2D eigenvalue weighted by atomic mass is 10.1. The number of esters is 1. The molecule has 0 radical (unpaired) electrons. The number of nitrogens with zero attached hydrogens (tertiary/aromatic N) is 2. The molecular weight excluding hydrogens is 360 g/mol. The molecular formula is C22H19ClN2O2. The van der Waals surface area contributed by atoms with E-state index in [1.807, 2.05) is 59.3 Å². The molecule has 4 nitrogen and oxygen atoms in total. The Labute approximate surface area is 163 Å². The third-order valence-electron chi connectivity index (χ3n) is 4.61. The summed E-state index contributed by atoms with van der Waals surface area (Å²) < 4.78 is 7.08. The number of para-hydroxylation sites is 1. The Kier molecular flexibility index (Phi) is 4.82. The van der Waals surface area contributed by atoms with Gasteiger partial charge in [-0.25, -0.2) is 9.48 Å². The van der Waals surface area contributed by atoms with E-state index in [-0.39, 0.29) is 5.97 Å². The molecule has 4 rings (SSSR count). The smallest absolute Gasteiger partial charge is 0.359 e. The van der Waals surface area contributed by atoms with Crippen molar-refractivity contribution in [1.82, 2.24) is 9.78 Å². The SMILES string of the molecule is CCOC(=O)c1nn(-c2ccccc2)c2c1CCC2=Cc1ccc(Cl)cc1. The zero-order chi connectivity index (χ0) is 18.8. The number of allylic oxidation sites excluding steroid dienone is 1. The number of ether oxygens (including phenoxy) is 1. The fourth-order valence-corrected chi connectivity index (χ4v) is 3.54. The predicted molar refractivity (Wildman–Crippen MR) is 107 cm³/mol. The number of hydrogen-bond donors (Lipinski definition) is 0. The van der Waals surface area contributed by atoms with Crippen LogP contribution in [0.25, 0.3) is 17.3 Å². The van der Waals surface area contributed by atoms with Crippen LogP contribution >= 0.6 is 11.6 Å². The molecule has 0 spiro atoms. The van der Waals surface area contributed by atoms with Gasteiger partial charge in [0.05, 0.1) is 18.0 Å². The molecule has 1 heterocycles. The molecule has 0 bridgehead atoms. The molecule has 0 unspecified atom stereocenters. The first kappa shape index (κ1) is 17.6. The van der Waals surface area contributed by atoms with Gasteiger partial charge in [-0.05, 0) is 61.2 Å². The minimum absolute atomic E-state index is 0.333. The molecule has 0 saturated heterocycles. The Balaban J connectivity index is 1.85. The average molecular weight is 379 g/mol. The monoisotopic (exact) mass is 378 g/mol. The number of hydrogen-bond acceptors (Lipinski definition) is 3. The number of benzene rings is 2. The highest BCUT2D eigenvalue weighted by Gasteiger charge is 2.30. The van der Waals surface area contributed by atoms with Crippen LogP contribution in [0.3, 0.4) is 0 Å². The van der Waals surface area contributed by atoms with Gasteiger partial charge in [0.2, 0.25) is 0 Å². The Bertz CT molecular complexity index is 1000. The van der Waals surface area contributed by atoms with Crippen LogP contribution in [-0.4, -0.2) is 22.4 Å². The summed E-state index contributed by atoms with van der Waals surface area (Å²) in [5, 5.41) is 5.32. The first-order chi connectivity index (χ1) is 13.2. The van der Waals surface area contributed by atoms with Crippen LogP contribution in [0.15, 0.2) is 54.6 Å². The molecule has 2 aromatic carbocycles. The van der Waals surface area contributed by atoms with Gasteiger partial charge in [0, 0.05) is 10.6 Å². The zero-order valence-corrected chi connectivity index (χ0v) is 15.7. The normalized spacial score (nSPS) is 14.4. The second kappa shape index (κ2) is 7.41. The van der Waals surface area contributed by atoms with E-state index in [1.54, 1.807) is 6.92 Å². The summed E-state index contributed by atoms with van der Waals surface area (Å²) in [6.45, 7) is 2.14. The van der Waals surface area contributed by atoms with Crippen molar-refractivity contribution in [3.05, 3.63) is 82.1 Å². The number of fused-ring (bicyclic) bond motifs is 1. The van der Waals surface area contributed by atoms with Crippen molar-refractivity contribution in [2.75, 3.05) is 6.61 Å². The molecule has 5 heteroatoms. The molecule has 0 amide bonds. The summed E-state index contributed by atoms with van der Waals surface area (Å²) in [4.78, 5) is 12.4. The first-order valence-corrected chi connectivity index (χ1v) is 9.36. The van der Waals surface area contributed by atoms with Crippen molar-refractivity contribution in [2.24, 2.45) is 0 Å². The van der Waals surface area contributed by atoms with Crippen molar-refractivity contribution < 1.29 is 9.53 Å². The molecule has 0 saturated carbocycles. The summed E-state index contributed by atoms with van der Waals surface area (Å²) in [5.74, 6) is -0.365. The zero-order valence-electron chi connectivity index (χ0n) is 15.0. The highest BCUT2D eigenvalue weighted by molar-refractivity contribution is 6.30. The topological polar surface area (TPSA) is 44.1 Å². The van der Waals surface area contributed by atoms with Crippen molar-refractivity contribution in [1.29, 1.82) is 0 Å². The van der Waals surface area contributed by atoms with Crippen LogP contribution in [0.1, 0.15) is 40.7 Å². The van der Waals surface area contributed by atoms with E-state index < -0.39 is 0 Å². The van der Waals surface area contributed by atoms with E-state index in [0.717, 1.165) is 40.9 Å². The number of rotatable bonds is 4. The number of halogens is 1. The summed E-state index contributed by atoms with van der Waals surface area (Å²) >= 11 is 6.00. The summed E-state index contributed by atoms with van der Waals surface area (Å²) in [5.41, 5.74) is 5.50. The Morgan fingerprint density at radius 2 is 1.89 bits per heavy atom. The van der Waals surface area contributed by atoms with Crippen LogP contribution in [0.4, 0.5) is 0 Å². The van der Waals surface area contributed by atoms with E-state index in [2.05, 4.69) is 11.2 Å².